The highest BCUT2D eigenvalue weighted by atomic mass is 16.6. The van der Waals surface area contributed by atoms with Crippen molar-refractivity contribution in [3.8, 4) is 0 Å². The number of pyridine rings is 1. The molecule has 118 valence electrons. The van der Waals surface area contributed by atoms with Crippen LogP contribution in [-0.2, 0) is 4.74 Å². The molecule has 0 aliphatic carbocycles. The molecular formula is C16H32N2O2. The van der Waals surface area contributed by atoms with Gasteiger partial charge in [-0.15, -0.1) is 0 Å². The van der Waals surface area contributed by atoms with Crippen molar-refractivity contribution in [2.75, 3.05) is 5.32 Å². The van der Waals surface area contributed by atoms with E-state index in [1.807, 2.05) is 61.5 Å². The van der Waals surface area contributed by atoms with Gasteiger partial charge in [-0.3, -0.25) is 5.32 Å². The number of aryl methyl sites for hydroxylation is 1. The molecule has 1 N–H and O–H groups in total. The lowest BCUT2D eigenvalue weighted by Gasteiger charge is -2.19. The number of hydrogen-bond donors (Lipinski definition) is 1. The molecule has 1 heterocycles. The third-order valence-corrected chi connectivity index (χ3v) is 1.54. The number of rotatable bonds is 1. The van der Waals surface area contributed by atoms with Crippen molar-refractivity contribution in [3.05, 3.63) is 23.9 Å². The van der Waals surface area contributed by atoms with Gasteiger partial charge >= 0.3 is 6.09 Å². The average Bonchev–Trinajstić information content (AvgIpc) is 2.31. The third-order valence-electron chi connectivity index (χ3n) is 1.54. The number of ether oxygens (including phenoxy) is 1. The van der Waals surface area contributed by atoms with Gasteiger partial charge in [-0.05, 0) is 45.4 Å². The molecule has 0 aromatic carbocycles. The summed E-state index contributed by atoms with van der Waals surface area (Å²) in [5, 5.41) is 2.57. The fraction of sp³-hybridized carbons (Fsp3) is 0.625. The SMILES string of the molecule is C.CC.CC.Cc1ccnc(NC(=O)OC(C)(C)C)c1. The zero-order valence-corrected chi connectivity index (χ0v) is 13.5. The van der Waals surface area contributed by atoms with Gasteiger partial charge in [0.05, 0.1) is 0 Å². The standard InChI is InChI=1S/C11H16N2O2.2C2H6.CH4/c1-8-5-6-12-9(7-8)13-10(14)15-11(2,3)4;2*1-2;/h5-7H,1-4H3,(H,12,13,14);2*1-2H3;1H4. The maximum absolute atomic E-state index is 11.4. The summed E-state index contributed by atoms with van der Waals surface area (Å²) in [6.45, 7) is 15.4. The summed E-state index contributed by atoms with van der Waals surface area (Å²) in [4.78, 5) is 15.4. The molecule has 0 spiro atoms. The van der Waals surface area contributed by atoms with E-state index in [0.717, 1.165) is 5.56 Å². The average molecular weight is 284 g/mol. The maximum atomic E-state index is 11.4. The zero-order chi connectivity index (χ0) is 15.5. The number of aromatic nitrogens is 1. The van der Waals surface area contributed by atoms with E-state index in [9.17, 15) is 4.79 Å². The number of nitrogens with one attached hydrogen (secondary N) is 1. The quantitative estimate of drug-likeness (QED) is 0.748. The molecule has 0 atom stereocenters. The van der Waals surface area contributed by atoms with Gasteiger partial charge in [0, 0.05) is 6.20 Å². The molecule has 1 aromatic rings. The Balaban J connectivity index is -0.000000529. The summed E-state index contributed by atoms with van der Waals surface area (Å²) < 4.78 is 5.09. The van der Waals surface area contributed by atoms with Crippen molar-refractivity contribution in [2.24, 2.45) is 0 Å². The number of carbonyl (C=O) groups excluding carboxylic acids is 1. The monoisotopic (exact) mass is 284 g/mol. The van der Waals surface area contributed by atoms with Crippen LogP contribution in [0.4, 0.5) is 10.6 Å². The normalized spacial score (nSPS) is 8.80. The molecule has 0 radical (unpaired) electrons. The second-order valence-corrected chi connectivity index (χ2v) is 4.35. The molecule has 0 saturated heterocycles. The summed E-state index contributed by atoms with van der Waals surface area (Å²) in [5.41, 5.74) is 0.546. The first-order valence-corrected chi connectivity index (χ1v) is 6.79. The van der Waals surface area contributed by atoms with Crippen LogP contribution in [0.3, 0.4) is 0 Å². The first-order valence-electron chi connectivity index (χ1n) is 6.79. The molecule has 0 bridgehead atoms. The van der Waals surface area contributed by atoms with Crippen LogP contribution in [0.1, 0.15) is 61.5 Å². The predicted molar refractivity (Wildman–Crippen MR) is 88.3 cm³/mol. The first kappa shape index (κ1) is 23.5. The molecule has 0 aliphatic heterocycles. The number of anilines is 1. The summed E-state index contributed by atoms with van der Waals surface area (Å²) in [6.07, 6.45) is 1.16. The second-order valence-electron chi connectivity index (χ2n) is 4.35. The van der Waals surface area contributed by atoms with Crippen molar-refractivity contribution in [2.45, 2.75) is 68.4 Å². The lowest BCUT2D eigenvalue weighted by Crippen LogP contribution is -2.27. The molecule has 1 rings (SSSR count). The van der Waals surface area contributed by atoms with E-state index in [-0.39, 0.29) is 7.43 Å². The summed E-state index contributed by atoms with van der Waals surface area (Å²) >= 11 is 0. The van der Waals surface area contributed by atoms with Crippen molar-refractivity contribution < 1.29 is 9.53 Å². The fourth-order valence-electron chi connectivity index (χ4n) is 1.01. The second kappa shape index (κ2) is 12.5. The van der Waals surface area contributed by atoms with Crippen LogP contribution in [0.15, 0.2) is 18.3 Å². The molecule has 20 heavy (non-hydrogen) atoms. The van der Waals surface area contributed by atoms with Gasteiger partial charge in [0.2, 0.25) is 0 Å². The van der Waals surface area contributed by atoms with Crippen LogP contribution < -0.4 is 5.32 Å². The smallest absolute Gasteiger partial charge is 0.413 e. The molecule has 0 fully saturated rings. The van der Waals surface area contributed by atoms with E-state index in [1.54, 1.807) is 12.3 Å². The Morgan fingerprint density at radius 3 is 2.10 bits per heavy atom. The van der Waals surface area contributed by atoms with E-state index < -0.39 is 11.7 Å². The van der Waals surface area contributed by atoms with Gasteiger partial charge < -0.3 is 4.74 Å². The lowest BCUT2D eigenvalue weighted by molar-refractivity contribution is 0.0635. The van der Waals surface area contributed by atoms with Crippen LogP contribution in [0, 0.1) is 6.92 Å². The highest BCUT2D eigenvalue weighted by Gasteiger charge is 2.16. The number of hydrogen-bond acceptors (Lipinski definition) is 3. The molecular weight excluding hydrogens is 252 g/mol. The highest BCUT2D eigenvalue weighted by Crippen LogP contribution is 2.10. The number of carbonyl (C=O) groups is 1. The minimum atomic E-state index is -0.492. The van der Waals surface area contributed by atoms with Crippen molar-refractivity contribution in [1.29, 1.82) is 0 Å². The van der Waals surface area contributed by atoms with Gasteiger partial charge in [-0.25, -0.2) is 9.78 Å². The van der Waals surface area contributed by atoms with Crippen molar-refractivity contribution >= 4 is 11.9 Å². The minimum Gasteiger partial charge on any atom is -0.444 e. The van der Waals surface area contributed by atoms with Gasteiger partial charge in [0.1, 0.15) is 11.4 Å². The number of amides is 1. The van der Waals surface area contributed by atoms with Gasteiger partial charge in [0.25, 0.3) is 0 Å². The van der Waals surface area contributed by atoms with Gasteiger partial charge in [-0.1, -0.05) is 35.1 Å². The van der Waals surface area contributed by atoms with Crippen molar-refractivity contribution in [1.82, 2.24) is 4.98 Å². The van der Waals surface area contributed by atoms with E-state index in [0.29, 0.717) is 5.82 Å². The van der Waals surface area contributed by atoms with E-state index in [1.165, 1.54) is 0 Å². The summed E-state index contributed by atoms with van der Waals surface area (Å²) in [7, 11) is 0. The van der Waals surface area contributed by atoms with Crippen LogP contribution in [-0.4, -0.2) is 16.7 Å². The van der Waals surface area contributed by atoms with Crippen LogP contribution in [0.5, 0.6) is 0 Å². The third kappa shape index (κ3) is 12.9. The molecule has 0 saturated carbocycles. The maximum Gasteiger partial charge on any atom is 0.413 e. The Morgan fingerprint density at radius 2 is 1.70 bits per heavy atom. The summed E-state index contributed by atoms with van der Waals surface area (Å²) in [5.74, 6) is 0.504. The largest absolute Gasteiger partial charge is 0.444 e. The van der Waals surface area contributed by atoms with Crippen LogP contribution >= 0.6 is 0 Å². The van der Waals surface area contributed by atoms with Crippen LogP contribution in [0.25, 0.3) is 0 Å². The first-order chi connectivity index (χ1) is 8.87. The summed E-state index contributed by atoms with van der Waals surface area (Å²) in [6, 6.07) is 3.64. The van der Waals surface area contributed by atoms with Crippen molar-refractivity contribution in [3.63, 3.8) is 0 Å². The van der Waals surface area contributed by atoms with E-state index in [4.69, 9.17) is 4.74 Å². The molecule has 1 aromatic heterocycles. The molecule has 4 nitrogen and oxygen atoms in total. The molecule has 1 amide bonds. The highest BCUT2D eigenvalue weighted by molar-refractivity contribution is 5.83. The van der Waals surface area contributed by atoms with Gasteiger partial charge in [-0.2, -0.15) is 0 Å². The topological polar surface area (TPSA) is 51.2 Å². The molecule has 0 aliphatic rings. The van der Waals surface area contributed by atoms with Gasteiger partial charge in [0.15, 0.2) is 0 Å². The Bertz CT molecular complexity index is 358. The Morgan fingerprint density at radius 1 is 1.20 bits per heavy atom. The lowest BCUT2D eigenvalue weighted by atomic mass is 10.2. The molecule has 0 unspecified atom stereocenters. The Kier molecular flexibility index (Phi) is 14.6. The predicted octanol–water partition coefficient (Wildman–Crippen LogP) is 5.43. The van der Waals surface area contributed by atoms with E-state index in [2.05, 4.69) is 10.3 Å². The fourth-order valence-corrected chi connectivity index (χ4v) is 1.01. The molecule has 4 heteroatoms. The number of nitrogens with zero attached hydrogens (tertiary/aromatic N) is 1. The Hall–Kier alpha value is -1.58. The minimum absolute atomic E-state index is 0. The zero-order valence-electron chi connectivity index (χ0n) is 13.5. The van der Waals surface area contributed by atoms with Crippen LogP contribution in [0.2, 0.25) is 0 Å². The Labute approximate surface area is 125 Å². The van der Waals surface area contributed by atoms with E-state index >= 15 is 0 Å².